The van der Waals surface area contributed by atoms with Crippen molar-refractivity contribution in [3.05, 3.63) is 39.8 Å². The van der Waals surface area contributed by atoms with E-state index in [0.717, 1.165) is 0 Å². The van der Waals surface area contributed by atoms with Crippen molar-refractivity contribution in [3.8, 4) is 5.75 Å². The van der Waals surface area contributed by atoms with Gasteiger partial charge in [0.05, 0.1) is 24.0 Å². The van der Waals surface area contributed by atoms with Crippen molar-refractivity contribution >= 4 is 40.5 Å². The van der Waals surface area contributed by atoms with Crippen molar-refractivity contribution in [3.63, 3.8) is 0 Å². The van der Waals surface area contributed by atoms with Gasteiger partial charge in [0, 0.05) is 12.3 Å². The zero-order chi connectivity index (χ0) is 15.2. The van der Waals surface area contributed by atoms with Crippen molar-refractivity contribution in [1.82, 2.24) is 4.98 Å². The molecule has 0 fully saturated rings. The van der Waals surface area contributed by atoms with Crippen LogP contribution >= 0.6 is 22.9 Å². The van der Waals surface area contributed by atoms with Crippen molar-refractivity contribution in [2.24, 2.45) is 0 Å². The van der Waals surface area contributed by atoms with Crippen LogP contribution in [0.3, 0.4) is 0 Å². The molecule has 0 aliphatic heterocycles. The second-order valence-electron chi connectivity index (χ2n) is 3.83. The van der Waals surface area contributed by atoms with Gasteiger partial charge in [-0.2, -0.15) is 0 Å². The van der Waals surface area contributed by atoms with Crippen LogP contribution in [0.1, 0.15) is 9.67 Å². The number of thiophene rings is 1. The molecule has 0 saturated heterocycles. The normalized spacial score (nSPS) is 10.0. The summed E-state index contributed by atoms with van der Waals surface area (Å²) in [6, 6.07) is 3.17. The Kier molecular flexibility index (Phi) is 5.13. The number of carbonyl (C=O) groups is 2. The summed E-state index contributed by atoms with van der Waals surface area (Å²) < 4.78 is 9.88. The van der Waals surface area contributed by atoms with E-state index < -0.39 is 11.9 Å². The van der Waals surface area contributed by atoms with Crippen LogP contribution in [0, 0.1) is 0 Å². The highest BCUT2D eigenvalue weighted by Gasteiger charge is 2.15. The molecule has 1 amide bonds. The molecule has 0 unspecified atom stereocenters. The van der Waals surface area contributed by atoms with Crippen molar-refractivity contribution in [1.29, 1.82) is 0 Å². The molecule has 8 heteroatoms. The van der Waals surface area contributed by atoms with E-state index in [1.54, 1.807) is 17.5 Å². The molecular formula is C13H11ClN2O4S. The number of halogens is 1. The lowest BCUT2D eigenvalue weighted by Gasteiger charge is -2.07. The number of ether oxygens (including phenoxy) is 2. The maximum absolute atomic E-state index is 11.8. The number of pyridine rings is 1. The first-order chi connectivity index (χ1) is 10.1. The Balaban J connectivity index is 1.93. The first-order valence-corrected chi connectivity index (χ1v) is 7.05. The van der Waals surface area contributed by atoms with Crippen molar-refractivity contribution in [2.75, 3.05) is 19.0 Å². The quantitative estimate of drug-likeness (QED) is 0.854. The molecule has 0 aliphatic rings. The van der Waals surface area contributed by atoms with Crippen LogP contribution in [0.25, 0.3) is 0 Å². The molecule has 110 valence electrons. The second-order valence-corrected chi connectivity index (χ2v) is 5.18. The SMILES string of the molecule is COC(=O)c1sccc1NC(=O)COc1cncc(Cl)c1. The van der Waals surface area contributed by atoms with Gasteiger partial charge in [0.1, 0.15) is 10.6 Å². The predicted octanol–water partition coefficient (Wildman–Crippen LogP) is 2.60. The Bertz CT molecular complexity index is 659. The molecule has 2 aromatic heterocycles. The fourth-order valence-electron chi connectivity index (χ4n) is 1.46. The lowest BCUT2D eigenvalue weighted by Crippen LogP contribution is -2.21. The zero-order valence-corrected chi connectivity index (χ0v) is 12.5. The number of carbonyl (C=O) groups excluding carboxylic acids is 2. The molecule has 0 atom stereocenters. The molecule has 21 heavy (non-hydrogen) atoms. The predicted molar refractivity (Wildman–Crippen MR) is 79.0 cm³/mol. The first kappa shape index (κ1) is 15.3. The van der Waals surface area contributed by atoms with E-state index in [1.807, 2.05) is 0 Å². The third-order valence-corrected chi connectivity index (χ3v) is 3.46. The maximum Gasteiger partial charge on any atom is 0.350 e. The van der Waals surface area contributed by atoms with Crippen molar-refractivity contribution < 1.29 is 19.1 Å². The van der Waals surface area contributed by atoms with E-state index in [-0.39, 0.29) is 6.61 Å². The van der Waals surface area contributed by atoms with Gasteiger partial charge < -0.3 is 14.8 Å². The standard InChI is InChI=1S/C13H11ClN2O4S/c1-19-13(18)12-10(2-3-21-12)16-11(17)7-20-9-4-8(14)5-15-6-9/h2-6H,7H2,1H3,(H,16,17). The third-order valence-electron chi connectivity index (χ3n) is 2.36. The molecule has 0 aliphatic carbocycles. The van der Waals surface area contributed by atoms with Crippen LogP contribution in [0.4, 0.5) is 5.69 Å². The number of anilines is 1. The summed E-state index contributed by atoms with van der Waals surface area (Å²) in [6.45, 7) is -0.224. The number of esters is 1. The highest BCUT2D eigenvalue weighted by Crippen LogP contribution is 2.23. The Morgan fingerprint density at radius 3 is 2.95 bits per heavy atom. The summed E-state index contributed by atoms with van der Waals surface area (Å²) in [5, 5.41) is 4.68. The number of nitrogens with zero attached hydrogens (tertiary/aromatic N) is 1. The number of hydrogen-bond donors (Lipinski definition) is 1. The molecular weight excluding hydrogens is 316 g/mol. The summed E-state index contributed by atoms with van der Waals surface area (Å²) >= 11 is 6.94. The van der Waals surface area contributed by atoms with Gasteiger partial charge >= 0.3 is 5.97 Å². The summed E-state index contributed by atoms with van der Waals surface area (Å²) in [5.74, 6) is -0.519. The van der Waals surface area contributed by atoms with Crippen LogP contribution in [0.2, 0.25) is 5.02 Å². The largest absolute Gasteiger partial charge is 0.482 e. The molecule has 0 saturated carbocycles. The lowest BCUT2D eigenvalue weighted by molar-refractivity contribution is -0.118. The highest BCUT2D eigenvalue weighted by molar-refractivity contribution is 7.12. The summed E-state index contributed by atoms with van der Waals surface area (Å²) in [6.07, 6.45) is 2.91. The van der Waals surface area contributed by atoms with E-state index in [9.17, 15) is 9.59 Å². The molecule has 2 rings (SSSR count). The van der Waals surface area contributed by atoms with Gasteiger partial charge in [0.15, 0.2) is 6.61 Å². The number of nitrogens with one attached hydrogen (secondary N) is 1. The van der Waals surface area contributed by atoms with Crippen LogP contribution in [-0.2, 0) is 9.53 Å². The van der Waals surface area contributed by atoms with Gasteiger partial charge in [-0.25, -0.2) is 4.79 Å². The molecule has 0 bridgehead atoms. The molecule has 0 radical (unpaired) electrons. The highest BCUT2D eigenvalue weighted by atomic mass is 35.5. The minimum atomic E-state index is -0.500. The summed E-state index contributed by atoms with van der Waals surface area (Å²) in [5.41, 5.74) is 0.393. The fraction of sp³-hybridized carbons (Fsp3) is 0.154. The third kappa shape index (κ3) is 4.17. The molecule has 6 nitrogen and oxygen atoms in total. The molecule has 0 aromatic carbocycles. The monoisotopic (exact) mass is 326 g/mol. The van der Waals surface area contributed by atoms with Gasteiger partial charge in [-0.3, -0.25) is 9.78 Å². The summed E-state index contributed by atoms with van der Waals surface area (Å²) in [4.78, 5) is 27.4. The number of hydrogen-bond acceptors (Lipinski definition) is 6. The van der Waals surface area contributed by atoms with Gasteiger partial charge in [0.2, 0.25) is 0 Å². The first-order valence-electron chi connectivity index (χ1n) is 5.79. The number of rotatable bonds is 5. The van der Waals surface area contributed by atoms with E-state index in [4.69, 9.17) is 16.3 Å². The average Bonchev–Trinajstić information content (AvgIpc) is 2.92. The number of amides is 1. The fourth-order valence-corrected chi connectivity index (χ4v) is 2.39. The Morgan fingerprint density at radius 2 is 2.24 bits per heavy atom. The Morgan fingerprint density at radius 1 is 1.43 bits per heavy atom. The van der Waals surface area contributed by atoms with Crippen LogP contribution in [-0.4, -0.2) is 30.6 Å². The molecule has 0 spiro atoms. The summed E-state index contributed by atoms with van der Waals surface area (Å²) in [7, 11) is 1.28. The Labute approximate surface area is 129 Å². The van der Waals surface area contributed by atoms with Gasteiger partial charge in [-0.05, 0) is 11.4 Å². The smallest absolute Gasteiger partial charge is 0.350 e. The van der Waals surface area contributed by atoms with Crippen LogP contribution in [0.5, 0.6) is 5.75 Å². The van der Waals surface area contributed by atoms with Gasteiger partial charge in [0.25, 0.3) is 5.91 Å². The minimum Gasteiger partial charge on any atom is -0.482 e. The maximum atomic E-state index is 11.8. The molecule has 2 aromatic rings. The average molecular weight is 327 g/mol. The second kappa shape index (κ2) is 7.05. The van der Waals surface area contributed by atoms with Gasteiger partial charge in [-0.1, -0.05) is 11.6 Å². The van der Waals surface area contributed by atoms with Gasteiger partial charge in [-0.15, -0.1) is 11.3 Å². The molecule has 2 heterocycles. The zero-order valence-electron chi connectivity index (χ0n) is 11.0. The number of aromatic nitrogens is 1. The molecule has 1 N–H and O–H groups in total. The lowest BCUT2D eigenvalue weighted by atomic mass is 10.4. The van der Waals surface area contributed by atoms with E-state index in [2.05, 4.69) is 15.0 Å². The van der Waals surface area contributed by atoms with Crippen LogP contribution < -0.4 is 10.1 Å². The van der Waals surface area contributed by atoms with Crippen molar-refractivity contribution in [2.45, 2.75) is 0 Å². The Hall–Kier alpha value is -2.12. The van der Waals surface area contributed by atoms with E-state index >= 15 is 0 Å². The van der Waals surface area contributed by atoms with E-state index in [1.165, 1.54) is 30.8 Å². The minimum absolute atomic E-state index is 0.224. The number of methoxy groups -OCH3 is 1. The van der Waals surface area contributed by atoms with E-state index in [0.29, 0.717) is 21.3 Å². The topological polar surface area (TPSA) is 77.5 Å². The van der Waals surface area contributed by atoms with Crippen LogP contribution in [0.15, 0.2) is 29.9 Å².